The van der Waals surface area contributed by atoms with E-state index in [1.54, 1.807) is 24.3 Å². The van der Waals surface area contributed by atoms with Crippen LogP contribution in [0.1, 0.15) is 0 Å². The third-order valence-electron chi connectivity index (χ3n) is 3.17. The highest BCUT2D eigenvalue weighted by molar-refractivity contribution is 7.99. The van der Waals surface area contributed by atoms with Gasteiger partial charge in [-0.05, 0) is 36.4 Å². The highest BCUT2D eigenvalue weighted by Gasteiger charge is 2.14. The van der Waals surface area contributed by atoms with E-state index in [1.165, 1.54) is 28.8 Å². The lowest BCUT2D eigenvalue weighted by Crippen LogP contribution is -2.23. The Kier molecular flexibility index (Phi) is 4.12. The van der Waals surface area contributed by atoms with E-state index in [2.05, 4.69) is 4.98 Å². The molecule has 0 unspecified atom stereocenters. The number of thioether (sulfide) groups is 1. The summed E-state index contributed by atoms with van der Waals surface area (Å²) in [5.41, 5.74) is 5.90. The average molecular weight is 329 g/mol. The first-order chi connectivity index (χ1) is 11.1. The number of amides is 1. The molecule has 0 fully saturated rings. The van der Waals surface area contributed by atoms with Crippen molar-refractivity contribution in [2.75, 3.05) is 5.75 Å². The molecule has 0 saturated heterocycles. The zero-order chi connectivity index (χ0) is 16.4. The predicted molar refractivity (Wildman–Crippen MR) is 87.2 cm³/mol. The molecule has 5 nitrogen and oxygen atoms in total. The second-order valence-electron chi connectivity index (χ2n) is 4.78. The van der Waals surface area contributed by atoms with Crippen molar-refractivity contribution in [3.63, 3.8) is 0 Å². The molecule has 0 bridgehead atoms. The van der Waals surface area contributed by atoms with Crippen molar-refractivity contribution in [2.24, 2.45) is 5.73 Å². The van der Waals surface area contributed by atoms with Crippen LogP contribution in [0.25, 0.3) is 16.6 Å². The minimum atomic E-state index is -0.511. The van der Waals surface area contributed by atoms with Crippen molar-refractivity contribution < 1.29 is 9.18 Å². The molecule has 3 rings (SSSR count). The van der Waals surface area contributed by atoms with E-state index in [9.17, 15) is 14.0 Å². The SMILES string of the molecule is NC(=O)CSc1nc2ccccc2c(=O)n1-c1ccc(F)cc1. The highest BCUT2D eigenvalue weighted by Crippen LogP contribution is 2.21. The summed E-state index contributed by atoms with van der Waals surface area (Å²) in [5.74, 6) is -0.920. The van der Waals surface area contributed by atoms with Gasteiger partial charge in [0, 0.05) is 0 Å². The van der Waals surface area contributed by atoms with Crippen LogP contribution in [-0.2, 0) is 4.79 Å². The first kappa shape index (κ1) is 15.2. The Balaban J connectivity index is 2.25. The zero-order valence-electron chi connectivity index (χ0n) is 11.9. The normalized spacial score (nSPS) is 10.8. The Bertz CT molecular complexity index is 938. The number of halogens is 1. The molecule has 23 heavy (non-hydrogen) atoms. The molecule has 1 aromatic heterocycles. The first-order valence-corrected chi connectivity index (χ1v) is 7.73. The Hall–Kier alpha value is -2.67. The number of fused-ring (bicyclic) bond motifs is 1. The second kappa shape index (κ2) is 6.21. The number of carbonyl (C=O) groups excluding carboxylic acids is 1. The van der Waals surface area contributed by atoms with Crippen molar-refractivity contribution in [3.05, 3.63) is 64.7 Å². The molecular formula is C16H12FN3O2S. The van der Waals surface area contributed by atoms with Gasteiger partial charge in [-0.15, -0.1) is 0 Å². The quantitative estimate of drug-likeness (QED) is 0.587. The maximum absolute atomic E-state index is 13.1. The summed E-state index contributed by atoms with van der Waals surface area (Å²) in [6.07, 6.45) is 0. The van der Waals surface area contributed by atoms with Crippen molar-refractivity contribution in [1.82, 2.24) is 9.55 Å². The van der Waals surface area contributed by atoms with Gasteiger partial charge in [0.2, 0.25) is 5.91 Å². The minimum Gasteiger partial charge on any atom is -0.369 e. The number of primary amides is 1. The van der Waals surface area contributed by atoms with Crippen molar-refractivity contribution in [3.8, 4) is 5.69 Å². The van der Waals surface area contributed by atoms with Crippen LogP contribution < -0.4 is 11.3 Å². The summed E-state index contributed by atoms with van der Waals surface area (Å²) in [4.78, 5) is 28.3. The minimum absolute atomic E-state index is 0.00796. The topological polar surface area (TPSA) is 78.0 Å². The summed E-state index contributed by atoms with van der Waals surface area (Å²) in [6, 6.07) is 12.4. The third kappa shape index (κ3) is 3.09. The average Bonchev–Trinajstić information content (AvgIpc) is 2.54. The van der Waals surface area contributed by atoms with Gasteiger partial charge in [0.15, 0.2) is 5.16 Å². The molecule has 2 N–H and O–H groups in total. The van der Waals surface area contributed by atoms with Crippen LogP contribution in [0.2, 0.25) is 0 Å². The molecule has 1 amide bonds. The molecule has 3 aromatic rings. The number of hydrogen-bond donors (Lipinski definition) is 1. The molecule has 0 spiro atoms. The van der Waals surface area contributed by atoms with Crippen LogP contribution in [0.5, 0.6) is 0 Å². The van der Waals surface area contributed by atoms with Crippen LogP contribution in [0.15, 0.2) is 58.5 Å². The molecular weight excluding hydrogens is 317 g/mol. The Labute approximate surface area is 135 Å². The summed E-state index contributed by atoms with van der Waals surface area (Å²) >= 11 is 1.07. The van der Waals surface area contributed by atoms with Crippen LogP contribution in [0.4, 0.5) is 4.39 Å². The molecule has 0 atom stereocenters. The molecule has 1 heterocycles. The maximum atomic E-state index is 13.1. The van der Waals surface area contributed by atoms with Crippen molar-refractivity contribution in [1.29, 1.82) is 0 Å². The first-order valence-electron chi connectivity index (χ1n) is 6.75. The fourth-order valence-electron chi connectivity index (χ4n) is 2.16. The summed E-state index contributed by atoms with van der Waals surface area (Å²) in [5, 5.41) is 0.777. The Morgan fingerprint density at radius 1 is 1.17 bits per heavy atom. The molecule has 0 aliphatic heterocycles. The number of nitrogens with two attached hydrogens (primary N) is 1. The molecule has 0 saturated carbocycles. The van der Waals surface area contributed by atoms with Crippen LogP contribution in [-0.4, -0.2) is 21.2 Å². The van der Waals surface area contributed by atoms with E-state index >= 15 is 0 Å². The molecule has 0 aliphatic carbocycles. The van der Waals surface area contributed by atoms with E-state index in [4.69, 9.17) is 5.73 Å². The number of hydrogen-bond acceptors (Lipinski definition) is 4. The van der Waals surface area contributed by atoms with Gasteiger partial charge in [-0.1, -0.05) is 23.9 Å². The third-order valence-corrected chi connectivity index (χ3v) is 4.13. The van der Waals surface area contributed by atoms with Gasteiger partial charge in [0.1, 0.15) is 5.82 Å². The Morgan fingerprint density at radius 2 is 1.87 bits per heavy atom. The monoisotopic (exact) mass is 329 g/mol. The van der Waals surface area contributed by atoms with Crippen LogP contribution in [0, 0.1) is 5.82 Å². The van der Waals surface area contributed by atoms with Gasteiger partial charge >= 0.3 is 0 Å². The number of nitrogens with zero attached hydrogens (tertiary/aromatic N) is 2. The van der Waals surface area contributed by atoms with Gasteiger partial charge in [0.05, 0.1) is 22.3 Å². The van der Waals surface area contributed by atoms with E-state index in [1.807, 2.05) is 0 Å². The molecule has 0 radical (unpaired) electrons. The smallest absolute Gasteiger partial charge is 0.266 e. The number of benzene rings is 2. The van der Waals surface area contributed by atoms with E-state index in [0.717, 1.165) is 11.8 Å². The van der Waals surface area contributed by atoms with E-state index < -0.39 is 11.7 Å². The fraction of sp³-hybridized carbons (Fsp3) is 0.0625. The zero-order valence-corrected chi connectivity index (χ0v) is 12.7. The summed E-state index contributed by atoms with van der Waals surface area (Å²) < 4.78 is 14.5. The lowest BCUT2D eigenvalue weighted by Gasteiger charge is -2.12. The van der Waals surface area contributed by atoms with E-state index in [-0.39, 0.29) is 11.3 Å². The fourth-order valence-corrected chi connectivity index (χ4v) is 2.91. The largest absolute Gasteiger partial charge is 0.369 e. The number of aromatic nitrogens is 2. The standard InChI is InChI=1S/C16H12FN3O2S/c17-10-5-7-11(8-6-10)20-15(22)12-3-1-2-4-13(12)19-16(20)23-9-14(18)21/h1-8H,9H2,(H2,18,21). The molecule has 116 valence electrons. The molecule has 0 aliphatic rings. The van der Waals surface area contributed by atoms with Gasteiger partial charge in [-0.3, -0.25) is 14.2 Å². The number of rotatable bonds is 4. The van der Waals surface area contributed by atoms with Crippen molar-refractivity contribution in [2.45, 2.75) is 5.16 Å². The lowest BCUT2D eigenvalue weighted by molar-refractivity contribution is -0.115. The summed E-state index contributed by atoms with van der Waals surface area (Å²) in [6.45, 7) is 0. The van der Waals surface area contributed by atoms with Gasteiger partial charge in [0.25, 0.3) is 5.56 Å². The maximum Gasteiger partial charge on any atom is 0.266 e. The van der Waals surface area contributed by atoms with Crippen LogP contribution in [0.3, 0.4) is 0 Å². The van der Waals surface area contributed by atoms with Crippen molar-refractivity contribution >= 4 is 28.6 Å². The summed E-state index contributed by atoms with van der Waals surface area (Å²) in [7, 11) is 0. The van der Waals surface area contributed by atoms with Crippen LogP contribution >= 0.6 is 11.8 Å². The number of carbonyl (C=O) groups is 1. The second-order valence-corrected chi connectivity index (χ2v) is 5.73. The Morgan fingerprint density at radius 3 is 2.57 bits per heavy atom. The van der Waals surface area contributed by atoms with Gasteiger partial charge < -0.3 is 5.73 Å². The molecule has 7 heteroatoms. The predicted octanol–water partition coefficient (Wildman–Crippen LogP) is 2.10. The number of para-hydroxylation sites is 1. The van der Waals surface area contributed by atoms with Gasteiger partial charge in [-0.2, -0.15) is 0 Å². The van der Waals surface area contributed by atoms with Gasteiger partial charge in [-0.25, -0.2) is 9.37 Å². The highest BCUT2D eigenvalue weighted by atomic mass is 32.2. The van der Waals surface area contributed by atoms with E-state index in [0.29, 0.717) is 21.7 Å². The molecule has 2 aromatic carbocycles. The lowest BCUT2D eigenvalue weighted by atomic mass is 10.2.